The summed E-state index contributed by atoms with van der Waals surface area (Å²) in [5.41, 5.74) is 16.8. The minimum atomic E-state index is -3.81. The highest BCUT2D eigenvalue weighted by atomic mass is 32.2. The molecule has 3 aromatic heterocycles. The molecule has 14 aliphatic rings. The number of amides is 6. The second-order valence-electron chi connectivity index (χ2n) is 46.2. The van der Waals surface area contributed by atoms with Crippen LogP contribution < -0.4 is 28.4 Å². The fourth-order valence-electron chi connectivity index (χ4n) is 28.4. The highest BCUT2D eigenvalue weighted by molar-refractivity contribution is 7.91. The van der Waals surface area contributed by atoms with E-state index in [2.05, 4.69) is 115 Å². The lowest BCUT2D eigenvalue weighted by atomic mass is 9.81. The van der Waals surface area contributed by atoms with Gasteiger partial charge in [0.1, 0.15) is 17.2 Å². The number of carbonyl (C=O) groups excluding carboxylic acids is 6. The molecule has 12 heterocycles. The number of piperidine rings is 3. The van der Waals surface area contributed by atoms with Gasteiger partial charge >= 0.3 is 0 Å². The van der Waals surface area contributed by atoms with Crippen LogP contribution in [-0.2, 0) is 64.1 Å². The minimum absolute atomic E-state index is 0.0704. The van der Waals surface area contributed by atoms with Crippen LogP contribution in [0.3, 0.4) is 0 Å². The molecule has 0 bridgehead atoms. The molecule has 9 aliphatic heterocycles. The first-order chi connectivity index (χ1) is 70.1. The summed E-state index contributed by atoms with van der Waals surface area (Å²) in [7, 11) is 0.233. The average molecular weight is 2050 g/mol. The fraction of sp³-hybridized carbons (Fsp3) is 0.569. The molecule has 11 fully saturated rings. The van der Waals surface area contributed by atoms with E-state index in [0.29, 0.717) is 60.5 Å². The number of sulfonamides is 3. The van der Waals surface area contributed by atoms with Crippen molar-refractivity contribution in [1.82, 2.24) is 57.3 Å². The summed E-state index contributed by atoms with van der Waals surface area (Å²) in [6.07, 6.45) is 33.7. The van der Waals surface area contributed by atoms with Crippen molar-refractivity contribution in [2.75, 3.05) is 107 Å². The van der Waals surface area contributed by atoms with Crippen LogP contribution in [0.15, 0.2) is 115 Å². The van der Waals surface area contributed by atoms with Gasteiger partial charge in [0.05, 0.1) is 72.0 Å². The third-order valence-corrected chi connectivity index (χ3v) is 41.8. The van der Waals surface area contributed by atoms with Crippen LogP contribution in [0.2, 0.25) is 0 Å². The molecule has 3 N–H and O–H groups in total. The van der Waals surface area contributed by atoms with E-state index in [1.807, 2.05) is 60.7 Å². The first-order valence-electron chi connectivity index (χ1n) is 54.5. The first-order valence-corrected chi connectivity index (χ1v) is 59.3. The van der Waals surface area contributed by atoms with Gasteiger partial charge in [-0.15, -0.1) is 0 Å². The molecular formula is C116H148N12O15S3. The van der Waals surface area contributed by atoms with Crippen molar-refractivity contribution in [2.24, 2.45) is 10.8 Å². The summed E-state index contributed by atoms with van der Waals surface area (Å²) in [5, 5.41) is 1.79. The molecule has 5 aliphatic carbocycles. The van der Waals surface area contributed by atoms with Crippen molar-refractivity contribution in [1.29, 1.82) is 0 Å². The predicted molar refractivity (Wildman–Crippen MR) is 573 cm³/mol. The van der Waals surface area contributed by atoms with Crippen LogP contribution in [0.4, 0.5) is 0 Å². The number of aromatic nitrogens is 3. The molecule has 23 rings (SSSR count). The molecule has 30 heteroatoms. The van der Waals surface area contributed by atoms with Crippen LogP contribution in [0, 0.1) is 10.8 Å². The van der Waals surface area contributed by atoms with Crippen molar-refractivity contribution in [3.63, 3.8) is 0 Å². The molecule has 4 unspecified atom stereocenters. The van der Waals surface area contributed by atoms with Crippen molar-refractivity contribution in [3.05, 3.63) is 165 Å². The molecule has 6 saturated heterocycles. The number of hydrogen-bond donors (Lipinski definition) is 3. The molecule has 4 atom stereocenters. The summed E-state index contributed by atoms with van der Waals surface area (Å²) in [5.74, 6) is 2.22. The summed E-state index contributed by atoms with van der Waals surface area (Å²) in [6, 6.07) is 35.8. The van der Waals surface area contributed by atoms with E-state index < -0.39 is 69.1 Å². The Kier molecular flexibility index (Phi) is 27.5. The van der Waals surface area contributed by atoms with Crippen molar-refractivity contribution < 1.29 is 68.2 Å². The SMILES string of the molecule is CCCS(=O)(=O)NC(=O)c1ccc2c(C3CCCCC3)c3n(c2c1)CC1(C(=O)N2CCCC24CCN(C)CC4)CC1c1cc(OC)ccc1-3.COc1ccc2c(c1)C1CC1(C(=O)N1CCCC13CCN(C)CC3)Cn1c-2c(C2CCCCC2)c2ccc(C(=O)NS(=O)(=O)C(C)C)cc21.COc1ccc2c(c1)C=C(C(=O)N1CCCC13CCN(C)CC3)Cn1c-2c(C2CCCCC2)c2ccc(C(=O)NS(=O)(=O)C(C)C)cc21. The molecule has 5 saturated carbocycles. The topological polar surface area (TPSA) is 303 Å². The zero-order valence-electron chi connectivity index (χ0n) is 87.3. The third kappa shape index (κ3) is 18.2. The predicted octanol–water partition coefficient (Wildman–Crippen LogP) is 19.1. The number of methoxy groups -OCH3 is 3. The van der Waals surface area contributed by atoms with Gasteiger partial charge < -0.3 is 57.3 Å². The van der Waals surface area contributed by atoms with Gasteiger partial charge in [-0.25, -0.2) is 39.4 Å². The number of nitrogens with one attached hydrogen (secondary N) is 3. The second kappa shape index (κ2) is 39.5. The Morgan fingerprint density at radius 1 is 0.390 bits per heavy atom. The number of nitrogens with zero attached hydrogens (tertiary/aromatic N) is 9. The summed E-state index contributed by atoms with van der Waals surface area (Å²) in [4.78, 5) is 99.3. The average Bonchev–Trinajstić information content (AvgIpc) is 1.51. The highest BCUT2D eigenvalue weighted by Crippen LogP contribution is 2.70. The quantitative estimate of drug-likeness (QED) is 0.0677. The highest BCUT2D eigenvalue weighted by Gasteiger charge is 2.68. The monoisotopic (exact) mass is 2050 g/mol. The maximum Gasteiger partial charge on any atom is 0.264 e. The van der Waals surface area contributed by atoms with Gasteiger partial charge in [-0.2, -0.15) is 0 Å². The Morgan fingerprint density at radius 3 is 1.10 bits per heavy atom. The van der Waals surface area contributed by atoms with E-state index in [1.165, 1.54) is 72.8 Å². The number of hydrogen-bond acceptors (Lipinski definition) is 18. The Labute approximate surface area is 861 Å². The Morgan fingerprint density at radius 2 is 0.733 bits per heavy atom. The van der Waals surface area contributed by atoms with Crippen LogP contribution in [0.5, 0.6) is 17.2 Å². The minimum Gasteiger partial charge on any atom is -0.497 e. The van der Waals surface area contributed by atoms with Gasteiger partial charge in [0.2, 0.25) is 41.9 Å². The summed E-state index contributed by atoms with van der Waals surface area (Å²) >= 11 is 0. The van der Waals surface area contributed by atoms with Crippen LogP contribution >= 0.6 is 0 Å². The standard InChI is InChI=1S/2C39H50N4O5S.C38H48N4O5S/c1-25(2)49(46,47)40-36(44)27-11-13-30-33(21-27)42-24-39(37(45)43-18-8-15-38(43)16-19-41(3)20-17-38)23-32(39)31-22-28(48-4)12-14-29(31)35(42)34(30)26-9-6-5-7-10-26;1-4-21-49(46,47)40-36(44)27-11-13-30-33(22-27)42-25-39(37(45)43-18-8-15-38(43)16-19-41(2)20-17-38)24-32(39)31-23-28(48-3)12-14-29(31)35(42)34(30)26-9-6-5-7-10-26;1-25(2)48(45,46)39-36(43)27-11-13-32-33(23-27)41-24-29(37(44)42-18-8-15-38(42)16-19-40(3)20-17-38)21-28-22-30(47-4)12-14-31(28)35(41)34(32)26-9-6-5-7-10-26/h11-14,21-22,25-26,32H,5-10,15-20,23-24H2,1-4H3,(H,40,44);11-14,22-23,26,32H,4-10,15-21,24-25H2,1-3H3,(H,40,44);11-14,21-23,25-26H,5-10,15-20,24H2,1-4H3,(H,39,43). The smallest absolute Gasteiger partial charge is 0.264 e. The second-order valence-corrected chi connectivity index (χ2v) is 52.5. The van der Waals surface area contributed by atoms with Crippen molar-refractivity contribution >= 4 is 104 Å². The molecule has 0 radical (unpaired) electrons. The van der Waals surface area contributed by atoms with Crippen LogP contribution in [0.25, 0.3) is 72.6 Å². The third-order valence-electron chi connectivity index (χ3n) is 37.0. The van der Waals surface area contributed by atoms with E-state index >= 15 is 9.59 Å². The van der Waals surface area contributed by atoms with E-state index in [-0.39, 0.29) is 57.5 Å². The Balaban J connectivity index is 0.000000129. The number of likely N-dealkylation sites (tertiary alicyclic amines) is 6. The molecule has 146 heavy (non-hydrogen) atoms. The Hall–Kier alpha value is -10.4. The maximum absolute atomic E-state index is 15.2. The normalized spacial score (nSPS) is 23.4. The van der Waals surface area contributed by atoms with E-state index in [1.54, 1.807) is 74.1 Å². The molecule has 6 amide bonds. The zero-order chi connectivity index (χ0) is 102. The van der Waals surface area contributed by atoms with Gasteiger partial charge in [-0.1, -0.05) is 82.9 Å². The van der Waals surface area contributed by atoms with E-state index in [9.17, 15) is 44.4 Å². The van der Waals surface area contributed by atoms with Crippen LogP contribution in [0.1, 0.15) is 321 Å². The fourth-order valence-corrected chi connectivity index (χ4v) is 30.7. The molecule has 27 nitrogen and oxygen atoms in total. The van der Waals surface area contributed by atoms with Crippen molar-refractivity contribution in [3.8, 4) is 51.0 Å². The van der Waals surface area contributed by atoms with Crippen LogP contribution in [-0.4, -0.2) is 238 Å². The molecular weight excluding hydrogens is 1900 g/mol. The molecule has 9 aromatic rings. The van der Waals surface area contributed by atoms with Gasteiger partial charge in [0, 0.05) is 172 Å². The largest absolute Gasteiger partial charge is 0.497 e. The van der Waals surface area contributed by atoms with Gasteiger partial charge in [0.15, 0.2) is 0 Å². The molecule has 3 spiro atoms. The van der Waals surface area contributed by atoms with Gasteiger partial charge in [0.25, 0.3) is 23.6 Å². The molecule has 6 aromatic carbocycles. The van der Waals surface area contributed by atoms with E-state index in [0.717, 1.165) is 289 Å². The van der Waals surface area contributed by atoms with Gasteiger partial charge in [-0.05, 0) is 332 Å². The lowest BCUT2D eigenvalue weighted by Gasteiger charge is -2.45. The first kappa shape index (κ1) is 101. The lowest BCUT2D eigenvalue weighted by molar-refractivity contribution is -0.144. The summed E-state index contributed by atoms with van der Waals surface area (Å²) < 4.78 is 107. The number of ether oxygens (including phenoxy) is 3. The van der Waals surface area contributed by atoms with Crippen molar-refractivity contribution in [2.45, 2.75) is 304 Å². The lowest BCUT2D eigenvalue weighted by Crippen LogP contribution is -2.55. The Bertz CT molecular complexity index is 7070. The van der Waals surface area contributed by atoms with Gasteiger partial charge in [-0.3, -0.25) is 28.8 Å². The zero-order valence-corrected chi connectivity index (χ0v) is 89.7. The maximum atomic E-state index is 15.2. The number of carbonyl (C=O) groups is 6. The number of fused-ring (bicyclic) bond motifs is 19. The molecule has 780 valence electrons. The number of benzene rings is 6. The van der Waals surface area contributed by atoms with E-state index in [4.69, 9.17) is 14.2 Å². The summed E-state index contributed by atoms with van der Waals surface area (Å²) in [6.45, 7) is 17.8. The number of rotatable bonds is 19.